The molecular weight excluding hydrogens is 497 g/mol. The first-order chi connectivity index (χ1) is 17.5. The standard InChI is InChI=1S/C26H30FN3O6Si/c1-16-24(37(2,3)27)22(10-12-31)36-26(16)20-14-19(30(34)35)7-8-21(20)29(25(26)33)15-17-5-4-6-18(13-17)28-11-9-23(28)32/h4-8,13-14,16,22,24,31H,9-12,15H2,1-3H3/t16-,22+,24-,26+/m1/s1. The number of carbonyl (C=O) groups excluding carboxylic acids is 2. The number of halogens is 1. The lowest BCUT2D eigenvalue weighted by Gasteiger charge is -2.32. The number of hydrogen-bond acceptors (Lipinski definition) is 6. The van der Waals surface area contributed by atoms with Gasteiger partial charge in [-0.15, -0.1) is 0 Å². The van der Waals surface area contributed by atoms with Crippen LogP contribution in [0.15, 0.2) is 42.5 Å². The number of β-lactam (4-membered cyclic amide) rings is 1. The van der Waals surface area contributed by atoms with Gasteiger partial charge in [0.25, 0.3) is 11.6 Å². The fourth-order valence-corrected chi connectivity index (χ4v) is 8.84. The van der Waals surface area contributed by atoms with Gasteiger partial charge in [0, 0.05) is 54.4 Å². The molecule has 196 valence electrons. The van der Waals surface area contributed by atoms with E-state index in [4.69, 9.17) is 4.74 Å². The van der Waals surface area contributed by atoms with Crippen molar-refractivity contribution in [3.05, 3.63) is 63.7 Å². The second-order valence-electron chi connectivity index (χ2n) is 10.6. The van der Waals surface area contributed by atoms with Crippen molar-refractivity contribution in [2.24, 2.45) is 5.92 Å². The molecule has 0 aliphatic carbocycles. The zero-order valence-corrected chi connectivity index (χ0v) is 22.0. The number of fused-ring (bicyclic) bond motifs is 2. The first-order valence-electron chi connectivity index (χ1n) is 12.5. The summed E-state index contributed by atoms with van der Waals surface area (Å²) < 4.78 is 22.0. The fourth-order valence-electron chi connectivity index (χ4n) is 6.30. The van der Waals surface area contributed by atoms with E-state index in [0.717, 1.165) is 11.3 Å². The Bertz CT molecular complexity index is 1280. The lowest BCUT2D eigenvalue weighted by molar-refractivity contribution is -0.385. The van der Waals surface area contributed by atoms with Crippen LogP contribution in [0.4, 0.5) is 21.2 Å². The Morgan fingerprint density at radius 3 is 2.59 bits per heavy atom. The maximum Gasteiger partial charge on any atom is 0.269 e. The molecule has 0 bridgehead atoms. The van der Waals surface area contributed by atoms with Crippen molar-refractivity contribution in [2.45, 2.75) is 56.7 Å². The summed E-state index contributed by atoms with van der Waals surface area (Å²) in [5.74, 6) is -0.957. The Labute approximate surface area is 215 Å². The Hall–Kier alpha value is -3.15. The van der Waals surface area contributed by atoms with Crippen molar-refractivity contribution in [3.63, 3.8) is 0 Å². The predicted molar refractivity (Wildman–Crippen MR) is 137 cm³/mol. The first-order valence-corrected chi connectivity index (χ1v) is 15.4. The van der Waals surface area contributed by atoms with Crippen LogP contribution in [0, 0.1) is 16.0 Å². The molecular formula is C26H30FN3O6Si. The van der Waals surface area contributed by atoms with E-state index in [1.807, 2.05) is 24.3 Å². The molecule has 2 aromatic carbocycles. The number of carbonyl (C=O) groups is 2. The zero-order valence-electron chi connectivity index (χ0n) is 21.0. The lowest BCUT2D eigenvalue weighted by atomic mass is 9.82. The van der Waals surface area contributed by atoms with E-state index in [0.29, 0.717) is 24.2 Å². The van der Waals surface area contributed by atoms with Gasteiger partial charge < -0.3 is 23.8 Å². The molecule has 3 heterocycles. The number of benzene rings is 2. The normalized spacial score (nSPS) is 27.1. The van der Waals surface area contributed by atoms with Crippen molar-refractivity contribution in [2.75, 3.05) is 23.0 Å². The largest absolute Gasteiger partial charge is 0.396 e. The van der Waals surface area contributed by atoms with Gasteiger partial charge in [0.15, 0.2) is 5.60 Å². The molecule has 2 fully saturated rings. The average Bonchev–Trinajstić information content (AvgIpc) is 3.25. The number of nitro groups is 1. The number of non-ortho nitro benzene ring substituents is 1. The van der Waals surface area contributed by atoms with Gasteiger partial charge in [-0.3, -0.25) is 19.7 Å². The molecule has 0 radical (unpaired) electrons. The van der Waals surface area contributed by atoms with Crippen molar-refractivity contribution in [3.8, 4) is 0 Å². The minimum Gasteiger partial charge on any atom is -0.396 e. The Kier molecular flexibility index (Phi) is 6.20. The topological polar surface area (TPSA) is 113 Å². The van der Waals surface area contributed by atoms with Gasteiger partial charge in [0.2, 0.25) is 14.3 Å². The van der Waals surface area contributed by atoms with Crippen LogP contribution in [0.1, 0.15) is 30.9 Å². The zero-order chi connectivity index (χ0) is 26.7. The summed E-state index contributed by atoms with van der Waals surface area (Å²) in [7, 11) is -3.37. The molecule has 0 aromatic heterocycles. The summed E-state index contributed by atoms with van der Waals surface area (Å²) in [6.45, 7) is 5.47. The Balaban J connectivity index is 1.59. The average molecular weight is 528 g/mol. The summed E-state index contributed by atoms with van der Waals surface area (Å²) in [5.41, 5.74) is 0.00975. The predicted octanol–water partition coefficient (Wildman–Crippen LogP) is 4.04. The molecule has 3 aliphatic heterocycles. The smallest absolute Gasteiger partial charge is 0.269 e. The molecule has 9 nitrogen and oxygen atoms in total. The molecule has 1 spiro atoms. The Morgan fingerprint density at radius 1 is 1.24 bits per heavy atom. The summed E-state index contributed by atoms with van der Waals surface area (Å²) in [4.78, 5) is 40.5. The number of ether oxygens (including phenoxy) is 1. The number of nitrogens with zero attached hydrogens (tertiary/aromatic N) is 3. The van der Waals surface area contributed by atoms with Crippen LogP contribution >= 0.6 is 0 Å². The molecule has 3 aliphatic rings. The third kappa shape index (κ3) is 3.96. The number of hydrogen-bond donors (Lipinski definition) is 1. The van der Waals surface area contributed by atoms with E-state index in [9.17, 15) is 24.8 Å². The monoisotopic (exact) mass is 527 g/mol. The highest BCUT2D eigenvalue weighted by Gasteiger charge is 2.66. The molecule has 2 saturated heterocycles. The molecule has 5 rings (SSSR count). The maximum absolute atomic E-state index is 15.6. The van der Waals surface area contributed by atoms with Gasteiger partial charge in [-0.05, 0) is 43.3 Å². The molecule has 37 heavy (non-hydrogen) atoms. The van der Waals surface area contributed by atoms with E-state index < -0.39 is 42.4 Å². The minimum absolute atomic E-state index is 0.0400. The van der Waals surface area contributed by atoms with E-state index in [-0.39, 0.29) is 31.2 Å². The number of amides is 2. The molecule has 1 N–H and O–H groups in total. The fraction of sp³-hybridized carbons (Fsp3) is 0.462. The van der Waals surface area contributed by atoms with Gasteiger partial charge in [0.1, 0.15) is 0 Å². The number of nitro benzene ring substituents is 1. The van der Waals surface area contributed by atoms with Crippen molar-refractivity contribution in [1.82, 2.24) is 0 Å². The third-order valence-corrected chi connectivity index (χ3v) is 10.4. The molecule has 0 saturated carbocycles. The third-order valence-electron chi connectivity index (χ3n) is 7.98. The second kappa shape index (κ2) is 9.00. The number of aliphatic hydroxyl groups excluding tert-OH is 1. The highest BCUT2D eigenvalue weighted by molar-refractivity contribution is 6.72. The van der Waals surface area contributed by atoms with Crippen LogP contribution in [-0.4, -0.2) is 49.5 Å². The van der Waals surface area contributed by atoms with Crippen molar-refractivity contribution >= 4 is 37.3 Å². The summed E-state index contributed by atoms with van der Waals surface area (Å²) in [6.07, 6.45) is -0.0209. The van der Waals surface area contributed by atoms with E-state index in [2.05, 4.69) is 0 Å². The summed E-state index contributed by atoms with van der Waals surface area (Å²) >= 11 is 0. The second-order valence-corrected chi connectivity index (χ2v) is 14.4. The van der Waals surface area contributed by atoms with Crippen LogP contribution < -0.4 is 9.80 Å². The lowest BCUT2D eigenvalue weighted by Crippen LogP contribution is -2.45. The van der Waals surface area contributed by atoms with Gasteiger partial charge >= 0.3 is 0 Å². The maximum atomic E-state index is 15.6. The van der Waals surface area contributed by atoms with Gasteiger partial charge in [-0.25, -0.2) is 0 Å². The summed E-state index contributed by atoms with van der Waals surface area (Å²) in [5, 5.41) is 21.3. The van der Waals surface area contributed by atoms with Gasteiger partial charge in [-0.1, -0.05) is 19.1 Å². The van der Waals surface area contributed by atoms with Crippen LogP contribution in [-0.2, 0) is 26.5 Å². The van der Waals surface area contributed by atoms with Crippen LogP contribution in [0.3, 0.4) is 0 Å². The number of aliphatic hydroxyl groups is 1. The highest BCUT2D eigenvalue weighted by Crippen LogP contribution is 2.60. The van der Waals surface area contributed by atoms with Crippen molar-refractivity contribution in [1.29, 1.82) is 0 Å². The SMILES string of the molecule is C[C@@H]1[C@@H]([Si](C)(C)F)[C@H](CCO)O[C@@]12C(=O)N(Cc1cccc(N3CCC3=O)c1)c1ccc([N+](=O)[O-])cc12. The van der Waals surface area contributed by atoms with Crippen molar-refractivity contribution < 1.29 is 28.5 Å². The van der Waals surface area contributed by atoms with E-state index in [1.54, 1.807) is 31.0 Å². The first kappa shape index (κ1) is 25.5. The minimum atomic E-state index is -3.37. The summed E-state index contributed by atoms with van der Waals surface area (Å²) in [6, 6.07) is 11.6. The molecule has 11 heteroatoms. The highest BCUT2D eigenvalue weighted by atomic mass is 28.4. The van der Waals surface area contributed by atoms with Crippen LogP contribution in [0.25, 0.3) is 0 Å². The van der Waals surface area contributed by atoms with Gasteiger partial charge in [0.05, 0.1) is 23.3 Å². The van der Waals surface area contributed by atoms with E-state index in [1.165, 1.54) is 17.0 Å². The number of rotatable bonds is 7. The number of anilines is 2. The molecule has 4 atom stereocenters. The van der Waals surface area contributed by atoms with Crippen LogP contribution in [0.5, 0.6) is 0 Å². The quantitative estimate of drug-likeness (QED) is 0.191. The van der Waals surface area contributed by atoms with Gasteiger partial charge in [-0.2, -0.15) is 0 Å². The molecule has 2 aromatic rings. The molecule has 0 unspecified atom stereocenters. The van der Waals surface area contributed by atoms with Crippen LogP contribution in [0.2, 0.25) is 18.6 Å². The molecule has 2 amide bonds. The Morgan fingerprint density at radius 2 is 2.00 bits per heavy atom. The van der Waals surface area contributed by atoms with E-state index >= 15 is 4.11 Å².